The Bertz CT molecular complexity index is 180. The third-order valence-corrected chi connectivity index (χ3v) is 3.36. The number of ether oxygens (including phenoxy) is 1. The maximum atomic E-state index is 5.44. The predicted octanol–water partition coefficient (Wildman–Crippen LogP) is 0.363. The van der Waals surface area contributed by atoms with Gasteiger partial charge in [0.1, 0.15) is 0 Å². The number of likely N-dealkylation sites (N-methyl/N-ethyl adjacent to an activating group) is 1. The first-order chi connectivity index (χ1) is 6.23. The molecular weight excluding hydrogens is 164 g/mol. The van der Waals surface area contributed by atoms with Gasteiger partial charge in [0, 0.05) is 24.0 Å². The van der Waals surface area contributed by atoms with Gasteiger partial charge in [0.25, 0.3) is 0 Å². The second-order valence-corrected chi connectivity index (χ2v) is 4.63. The van der Waals surface area contributed by atoms with E-state index in [9.17, 15) is 0 Å². The minimum Gasteiger partial charge on any atom is -0.379 e. The van der Waals surface area contributed by atoms with Crippen LogP contribution < -0.4 is 10.6 Å². The van der Waals surface area contributed by atoms with Gasteiger partial charge in [0.15, 0.2) is 0 Å². The van der Waals surface area contributed by atoms with Crippen LogP contribution in [0.4, 0.5) is 0 Å². The minimum absolute atomic E-state index is 0.459. The Morgan fingerprint density at radius 1 is 1.38 bits per heavy atom. The molecule has 0 bridgehead atoms. The highest BCUT2D eigenvalue weighted by Crippen LogP contribution is 2.34. The Morgan fingerprint density at radius 3 is 2.77 bits per heavy atom. The quantitative estimate of drug-likeness (QED) is 0.662. The Hall–Kier alpha value is -0.120. The standard InChI is InChI=1S/C10H20N2O/c1-10(3-4-10)12-5-8-6-13-7-9(8)11-2/h8-9,11-12H,3-7H2,1-2H3. The highest BCUT2D eigenvalue weighted by atomic mass is 16.5. The van der Waals surface area contributed by atoms with Crippen LogP contribution in [-0.4, -0.2) is 38.4 Å². The van der Waals surface area contributed by atoms with Crippen molar-refractivity contribution in [1.29, 1.82) is 0 Å². The van der Waals surface area contributed by atoms with Gasteiger partial charge < -0.3 is 15.4 Å². The van der Waals surface area contributed by atoms with Gasteiger partial charge in [-0.1, -0.05) is 0 Å². The molecular formula is C10H20N2O. The molecule has 1 saturated heterocycles. The zero-order chi connectivity index (χ0) is 9.31. The fourth-order valence-electron chi connectivity index (χ4n) is 1.86. The van der Waals surface area contributed by atoms with Crippen molar-refractivity contribution in [2.45, 2.75) is 31.3 Å². The van der Waals surface area contributed by atoms with Gasteiger partial charge in [-0.15, -0.1) is 0 Å². The maximum absolute atomic E-state index is 5.44. The third-order valence-electron chi connectivity index (χ3n) is 3.36. The SMILES string of the molecule is CNC1COCC1CNC1(C)CC1. The van der Waals surface area contributed by atoms with E-state index in [1.807, 2.05) is 7.05 Å². The molecule has 0 amide bonds. The summed E-state index contributed by atoms with van der Waals surface area (Å²) in [5.41, 5.74) is 0.459. The van der Waals surface area contributed by atoms with Crippen molar-refractivity contribution in [1.82, 2.24) is 10.6 Å². The van der Waals surface area contributed by atoms with Crippen LogP contribution in [0.5, 0.6) is 0 Å². The van der Waals surface area contributed by atoms with Crippen molar-refractivity contribution >= 4 is 0 Å². The second-order valence-electron chi connectivity index (χ2n) is 4.63. The number of rotatable bonds is 4. The first kappa shape index (κ1) is 9.44. The highest BCUT2D eigenvalue weighted by Gasteiger charge is 2.38. The van der Waals surface area contributed by atoms with Crippen LogP contribution in [0.3, 0.4) is 0 Å². The fraction of sp³-hybridized carbons (Fsp3) is 1.00. The topological polar surface area (TPSA) is 33.3 Å². The van der Waals surface area contributed by atoms with E-state index in [0.29, 0.717) is 17.5 Å². The molecule has 76 valence electrons. The van der Waals surface area contributed by atoms with E-state index in [-0.39, 0.29) is 0 Å². The molecule has 1 heterocycles. The summed E-state index contributed by atoms with van der Waals surface area (Å²) in [6.45, 7) is 5.19. The molecule has 1 saturated carbocycles. The van der Waals surface area contributed by atoms with Crippen LogP contribution in [0.2, 0.25) is 0 Å². The number of hydrogen-bond donors (Lipinski definition) is 2. The van der Waals surface area contributed by atoms with Gasteiger partial charge in [-0.2, -0.15) is 0 Å². The summed E-state index contributed by atoms with van der Waals surface area (Å²) in [4.78, 5) is 0. The Balaban J connectivity index is 1.73. The molecule has 0 aromatic heterocycles. The van der Waals surface area contributed by atoms with Gasteiger partial charge in [-0.3, -0.25) is 0 Å². The molecule has 0 aromatic rings. The van der Waals surface area contributed by atoms with Crippen molar-refractivity contribution < 1.29 is 4.74 Å². The monoisotopic (exact) mass is 184 g/mol. The lowest BCUT2D eigenvalue weighted by Gasteiger charge is -2.20. The lowest BCUT2D eigenvalue weighted by atomic mass is 10.0. The molecule has 0 spiro atoms. The van der Waals surface area contributed by atoms with E-state index in [0.717, 1.165) is 19.8 Å². The van der Waals surface area contributed by atoms with Crippen molar-refractivity contribution in [2.75, 3.05) is 26.8 Å². The molecule has 0 aromatic carbocycles. The lowest BCUT2D eigenvalue weighted by Crippen LogP contribution is -2.41. The molecule has 2 aliphatic rings. The molecule has 1 aliphatic heterocycles. The van der Waals surface area contributed by atoms with Crippen LogP contribution in [0.25, 0.3) is 0 Å². The minimum atomic E-state index is 0.459. The average molecular weight is 184 g/mol. The molecule has 2 unspecified atom stereocenters. The van der Waals surface area contributed by atoms with Crippen molar-refractivity contribution in [2.24, 2.45) is 5.92 Å². The van der Waals surface area contributed by atoms with E-state index in [2.05, 4.69) is 17.6 Å². The van der Waals surface area contributed by atoms with Gasteiger partial charge in [-0.25, -0.2) is 0 Å². The zero-order valence-corrected chi connectivity index (χ0v) is 8.60. The Morgan fingerprint density at radius 2 is 2.15 bits per heavy atom. The van der Waals surface area contributed by atoms with Gasteiger partial charge in [-0.05, 0) is 26.8 Å². The Kier molecular flexibility index (Phi) is 2.58. The lowest BCUT2D eigenvalue weighted by molar-refractivity contribution is 0.182. The summed E-state index contributed by atoms with van der Waals surface area (Å²) in [5.74, 6) is 0.655. The number of hydrogen-bond acceptors (Lipinski definition) is 3. The predicted molar refractivity (Wildman–Crippen MR) is 52.8 cm³/mol. The summed E-state index contributed by atoms with van der Waals surface area (Å²) in [6.07, 6.45) is 2.68. The molecule has 1 aliphatic carbocycles. The zero-order valence-electron chi connectivity index (χ0n) is 8.60. The molecule has 3 nitrogen and oxygen atoms in total. The molecule has 2 fully saturated rings. The van der Waals surface area contributed by atoms with Crippen LogP contribution in [0.1, 0.15) is 19.8 Å². The summed E-state index contributed by atoms with van der Waals surface area (Å²) in [7, 11) is 2.02. The number of nitrogens with one attached hydrogen (secondary N) is 2. The molecule has 0 radical (unpaired) electrons. The van der Waals surface area contributed by atoms with Gasteiger partial charge >= 0.3 is 0 Å². The first-order valence-corrected chi connectivity index (χ1v) is 5.23. The highest BCUT2D eigenvalue weighted by molar-refractivity contribution is 4.98. The van der Waals surface area contributed by atoms with Gasteiger partial charge in [0.2, 0.25) is 0 Å². The van der Waals surface area contributed by atoms with E-state index in [4.69, 9.17) is 4.74 Å². The summed E-state index contributed by atoms with van der Waals surface area (Å²) < 4.78 is 5.44. The molecule has 13 heavy (non-hydrogen) atoms. The van der Waals surface area contributed by atoms with Crippen LogP contribution in [0.15, 0.2) is 0 Å². The van der Waals surface area contributed by atoms with E-state index >= 15 is 0 Å². The maximum Gasteiger partial charge on any atom is 0.0623 e. The van der Waals surface area contributed by atoms with E-state index in [1.54, 1.807) is 0 Å². The smallest absolute Gasteiger partial charge is 0.0623 e. The Labute approximate surface area is 80.2 Å². The summed E-state index contributed by atoms with van der Waals surface area (Å²) in [6, 6.07) is 0.551. The summed E-state index contributed by atoms with van der Waals surface area (Å²) >= 11 is 0. The van der Waals surface area contributed by atoms with Crippen LogP contribution in [0, 0.1) is 5.92 Å². The first-order valence-electron chi connectivity index (χ1n) is 5.23. The van der Waals surface area contributed by atoms with Crippen molar-refractivity contribution in [3.63, 3.8) is 0 Å². The van der Waals surface area contributed by atoms with Crippen LogP contribution in [-0.2, 0) is 4.74 Å². The normalized spacial score (nSPS) is 36.5. The molecule has 3 heteroatoms. The fourth-order valence-corrected chi connectivity index (χ4v) is 1.86. The largest absolute Gasteiger partial charge is 0.379 e. The van der Waals surface area contributed by atoms with Gasteiger partial charge in [0.05, 0.1) is 13.2 Å². The van der Waals surface area contributed by atoms with Crippen LogP contribution >= 0.6 is 0 Å². The third kappa shape index (κ3) is 2.22. The van der Waals surface area contributed by atoms with Crippen molar-refractivity contribution in [3.8, 4) is 0 Å². The van der Waals surface area contributed by atoms with E-state index < -0.39 is 0 Å². The summed E-state index contributed by atoms with van der Waals surface area (Å²) in [5, 5.41) is 6.92. The van der Waals surface area contributed by atoms with Crippen molar-refractivity contribution in [3.05, 3.63) is 0 Å². The second kappa shape index (κ2) is 3.56. The molecule has 2 N–H and O–H groups in total. The molecule has 2 rings (SSSR count). The average Bonchev–Trinajstić information content (AvgIpc) is 2.69. The van der Waals surface area contributed by atoms with E-state index in [1.165, 1.54) is 12.8 Å². The molecule has 2 atom stereocenters.